The first-order valence-electron chi connectivity index (χ1n) is 5.23. The topological polar surface area (TPSA) is 45.8 Å². The first-order valence-corrected chi connectivity index (χ1v) is 5.23. The number of aryl methyl sites for hydroxylation is 1. The molecule has 76 valence electrons. The van der Waals surface area contributed by atoms with E-state index in [4.69, 9.17) is 0 Å². The number of aromatic amines is 1. The van der Waals surface area contributed by atoms with Crippen LogP contribution in [0, 0.1) is 12.8 Å². The van der Waals surface area contributed by atoms with Gasteiger partial charge < -0.3 is 4.98 Å². The molecule has 0 radical (unpaired) electrons. The molecular formula is C11H16N2O. The van der Waals surface area contributed by atoms with Crippen molar-refractivity contribution >= 4 is 0 Å². The summed E-state index contributed by atoms with van der Waals surface area (Å²) in [5, 5.41) is 0. The van der Waals surface area contributed by atoms with Crippen LogP contribution in [0.1, 0.15) is 43.3 Å². The van der Waals surface area contributed by atoms with Crippen LogP contribution in [0.2, 0.25) is 0 Å². The molecule has 3 heteroatoms. The summed E-state index contributed by atoms with van der Waals surface area (Å²) in [6.45, 7) is 6.07. The lowest BCUT2D eigenvalue weighted by Gasteiger charge is -2.04. The van der Waals surface area contributed by atoms with Crippen LogP contribution in [0.15, 0.2) is 4.79 Å². The van der Waals surface area contributed by atoms with Crippen molar-refractivity contribution in [3.05, 3.63) is 27.4 Å². The number of aromatic nitrogens is 2. The monoisotopic (exact) mass is 192 g/mol. The summed E-state index contributed by atoms with van der Waals surface area (Å²) >= 11 is 0. The zero-order chi connectivity index (χ0) is 10.3. The third-order valence-electron chi connectivity index (χ3n) is 3.07. The van der Waals surface area contributed by atoms with E-state index in [1.807, 2.05) is 13.8 Å². The van der Waals surface area contributed by atoms with Crippen molar-refractivity contribution in [3.8, 4) is 0 Å². The maximum Gasteiger partial charge on any atom is 0.254 e. The summed E-state index contributed by atoms with van der Waals surface area (Å²) in [7, 11) is 0. The molecule has 0 bridgehead atoms. The molecule has 14 heavy (non-hydrogen) atoms. The van der Waals surface area contributed by atoms with Crippen LogP contribution in [0.3, 0.4) is 0 Å². The summed E-state index contributed by atoms with van der Waals surface area (Å²) in [6, 6.07) is 0. The second kappa shape index (κ2) is 3.23. The summed E-state index contributed by atoms with van der Waals surface area (Å²) in [4.78, 5) is 18.9. The van der Waals surface area contributed by atoms with E-state index in [0.29, 0.717) is 11.8 Å². The van der Waals surface area contributed by atoms with Gasteiger partial charge in [0, 0.05) is 11.5 Å². The SMILES string of the molecule is CCc1nc(C2CC2C)[nH]c(=O)c1C. The molecule has 1 aliphatic rings. The summed E-state index contributed by atoms with van der Waals surface area (Å²) in [5.74, 6) is 2.07. The number of rotatable bonds is 2. The van der Waals surface area contributed by atoms with E-state index in [0.717, 1.165) is 29.9 Å². The fourth-order valence-electron chi connectivity index (χ4n) is 1.82. The Morgan fingerprint density at radius 1 is 1.57 bits per heavy atom. The third-order valence-corrected chi connectivity index (χ3v) is 3.07. The minimum atomic E-state index is 0.0333. The number of nitrogens with one attached hydrogen (secondary N) is 1. The van der Waals surface area contributed by atoms with Gasteiger partial charge in [-0.1, -0.05) is 13.8 Å². The van der Waals surface area contributed by atoms with Crippen molar-refractivity contribution in [1.82, 2.24) is 9.97 Å². The molecule has 1 aromatic heterocycles. The summed E-state index contributed by atoms with van der Waals surface area (Å²) in [5.41, 5.74) is 1.75. The van der Waals surface area contributed by atoms with Crippen LogP contribution in [-0.2, 0) is 6.42 Å². The minimum Gasteiger partial charge on any atom is -0.310 e. The molecule has 2 unspecified atom stereocenters. The Labute approximate surface area is 83.6 Å². The van der Waals surface area contributed by atoms with Crippen LogP contribution in [-0.4, -0.2) is 9.97 Å². The molecule has 0 aromatic carbocycles. The van der Waals surface area contributed by atoms with Crippen molar-refractivity contribution in [1.29, 1.82) is 0 Å². The smallest absolute Gasteiger partial charge is 0.254 e. The highest BCUT2D eigenvalue weighted by Crippen LogP contribution is 2.45. The maximum absolute atomic E-state index is 11.6. The molecule has 0 spiro atoms. The van der Waals surface area contributed by atoms with E-state index < -0.39 is 0 Å². The van der Waals surface area contributed by atoms with Gasteiger partial charge >= 0.3 is 0 Å². The molecule has 1 heterocycles. The van der Waals surface area contributed by atoms with Gasteiger partial charge in [-0.25, -0.2) is 4.98 Å². The van der Waals surface area contributed by atoms with Crippen LogP contribution in [0.4, 0.5) is 0 Å². The average Bonchev–Trinajstić information content (AvgIpc) is 2.87. The summed E-state index contributed by atoms with van der Waals surface area (Å²) < 4.78 is 0. The van der Waals surface area contributed by atoms with Crippen molar-refractivity contribution < 1.29 is 0 Å². The first kappa shape index (κ1) is 9.44. The molecule has 1 aromatic rings. The molecule has 3 nitrogen and oxygen atoms in total. The lowest BCUT2D eigenvalue weighted by atomic mass is 10.2. The van der Waals surface area contributed by atoms with Crippen LogP contribution >= 0.6 is 0 Å². The highest BCUT2D eigenvalue weighted by molar-refractivity contribution is 5.19. The van der Waals surface area contributed by atoms with Gasteiger partial charge in [-0.05, 0) is 25.7 Å². The van der Waals surface area contributed by atoms with Crippen molar-refractivity contribution in [3.63, 3.8) is 0 Å². The van der Waals surface area contributed by atoms with Crippen LogP contribution in [0.5, 0.6) is 0 Å². The van der Waals surface area contributed by atoms with E-state index >= 15 is 0 Å². The molecular weight excluding hydrogens is 176 g/mol. The highest BCUT2D eigenvalue weighted by Gasteiger charge is 2.36. The normalized spacial score (nSPS) is 25.1. The van der Waals surface area contributed by atoms with Crippen molar-refractivity contribution in [2.45, 2.75) is 39.5 Å². The van der Waals surface area contributed by atoms with E-state index in [2.05, 4.69) is 16.9 Å². The van der Waals surface area contributed by atoms with Gasteiger partial charge in [0.1, 0.15) is 5.82 Å². The largest absolute Gasteiger partial charge is 0.310 e. The number of hydrogen-bond acceptors (Lipinski definition) is 2. The van der Waals surface area contributed by atoms with Gasteiger partial charge in [-0.2, -0.15) is 0 Å². The summed E-state index contributed by atoms with van der Waals surface area (Å²) in [6.07, 6.45) is 2.00. The van der Waals surface area contributed by atoms with Gasteiger partial charge in [-0.3, -0.25) is 4.79 Å². The fourth-order valence-corrected chi connectivity index (χ4v) is 1.82. The molecule has 0 aliphatic heterocycles. The van der Waals surface area contributed by atoms with Gasteiger partial charge in [0.15, 0.2) is 0 Å². The zero-order valence-electron chi connectivity index (χ0n) is 8.92. The molecule has 2 atom stereocenters. The number of H-pyrrole nitrogens is 1. The number of nitrogens with zero attached hydrogens (tertiary/aromatic N) is 1. The predicted octanol–water partition coefficient (Wildman–Crippen LogP) is 1.76. The molecule has 1 aliphatic carbocycles. The number of hydrogen-bond donors (Lipinski definition) is 1. The Hall–Kier alpha value is -1.12. The van der Waals surface area contributed by atoms with Gasteiger partial charge in [0.2, 0.25) is 0 Å². The van der Waals surface area contributed by atoms with Gasteiger partial charge in [-0.15, -0.1) is 0 Å². The Morgan fingerprint density at radius 3 is 2.71 bits per heavy atom. The van der Waals surface area contributed by atoms with E-state index in [1.54, 1.807) is 0 Å². The van der Waals surface area contributed by atoms with E-state index in [1.165, 1.54) is 0 Å². The standard InChI is InChI=1S/C11H16N2O/c1-4-9-7(3)11(14)13-10(12-9)8-5-6(8)2/h6,8H,4-5H2,1-3H3,(H,12,13,14). The lowest BCUT2D eigenvalue weighted by Crippen LogP contribution is -2.17. The Kier molecular flexibility index (Phi) is 2.17. The van der Waals surface area contributed by atoms with E-state index in [-0.39, 0.29) is 5.56 Å². The second-order valence-corrected chi connectivity index (χ2v) is 4.20. The first-order chi connectivity index (χ1) is 6.63. The van der Waals surface area contributed by atoms with Gasteiger partial charge in [0.05, 0.1) is 5.69 Å². The minimum absolute atomic E-state index is 0.0333. The molecule has 1 N–H and O–H groups in total. The van der Waals surface area contributed by atoms with Crippen LogP contribution in [0.25, 0.3) is 0 Å². The fraction of sp³-hybridized carbons (Fsp3) is 0.636. The Balaban J connectivity index is 2.44. The second-order valence-electron chi connectivity index (χ2n) is 4.20. The lowest BCUT2D eigenvalue weighted by molar-refractivity contribution is 0.801. The van der Waals surface area contributed by atoms with Gasteiger partial charge in [0.25, 0.3) is 5.56 Å². The molecule has 1 saturated carbocycles. The Bertz CT molecular complexity index is 408. The Morgan fingerprint density at radius 2 is 2.21 bits per heavy atom. The molecule has 1 fully saturated rings. The van der Waals surface area contributed by atoms with Crippen molar-refractivity contribution in [2.75, 3.05) is 0 Å². The molecule has 0 amide bonds. The van der Waals surface area contributed by atoms with E-state index in [9.17, 15) is 4.79 Å². The third kappa shape index (κ3) is 1.47. The maximum atomic E-state index is 11.6. The zero-order valence-corrected chi connectivity index (χ0v) is 8.92. The quantitative estimate of drug-likeness (QED) is 0.776. The highest BCUT2D eigenvalue weighted by atomic mass is 16.1. The van der Waals surface area contributed by atoms with Crippen LogP contribution < -0.4 is 5.56 Å². The molecule has 2 rings (SSSR count). The average molecular weight is 192 g/mol. The predicted molar refractivity (Wildman–Crippen MR) is 55.5 cm³/mol. The van der Waals surface area contributed by atoms with Crippen molar-refractivity contribution in [2.24, 2.45) is 5.92 Å². The molecule has 0 saturated heterocycles.